The van der Waals surface area contributed by atoms with Crippen molar-refractivity contribution in [2.24, 2.45) is 0 Å². The molecule has 2 rings (SSSR count). The Hall–Kier alpha value is -1.75. The molecule has 0 unspecified atom stereocenters. The van der Waals surface area contributed by atoms with Crippen LogP contribution in [0.1, 0.15) is 36.0 Å². The van der Waals surface area contributed by atoms with E-state index in [-0.39, 0.29) is 11.9 Å². The van der Waals surface area contributed by atoms with Gasteiger partial charge in [0.15, 0.2) is 0 Å². The Labute approximate surface area is 112 Å². The molecule has 0 spiro atoms. The van der Waals surface area contributed by atoms with Gasteiger partial charge >= 0.3 is 0 Å². The molecule has 4 N–H and O–H groups in total. The van der Waals surface area contributed by atoms with E-state index < -0.39 is 6.10 Å². The van der Waals surface area contributed by atoms with Crippen LogP contribution < -0.4 is 15.8 Å². The smallest absolute Gasteiger partial charge is 0.255 e. The molecule has 5 nitrogen and oxygen atoms in total. The first-order valence-corrected chi connectivity index (χ1v) is 6.54. The van der Waals surface area contributed by atoms with E-state index >= 15 is 0 Å². The fourth-order valence-electron chi connectivity index (χ4n) is 2.42. The molecule has 0 saturated heterocycles. The van der Waals surface area contributed by atoms with Crippen molar-refractivity contribution in [3.05, 3.63) is 23.8 Å². The van der Waals surface area contributed by atoms with Crippen LogP contribution in [0.5, 0.6) is 5.75 Å². The summed E-state index contributed by atoms with van der Waals surface area (Å²) >= 11 is 0. The number of hydrogen-bond acceptors (Lipinski definition) is 4. The number of amides is 1. The Morgan fingerprint density at radius 1 is 1.42 bits per heavy atom. The lowest BCUT2D eigenvalue weighted by Gasteiger charge is -2.28. The second-order valence-corrected chi connectivity index (χ2v) is 4.89. The van der Waals surface area contributed by atoms with Gasteiger partial charge in [0.25, 0.3) is 5.91 Å². The second kappa shape index (κ2) is 5.93. The third-order valence-electron chi connectivity index (χ3n) is 3.52. The molecule has 19 heavy (non-hydrogen) atoms. The molecular formula is C14H20N2O3. The highest BCUT2D eigenvalue weighted by Crippen LogP contribution is 2.23. The number of nitrogens with one attached hydrogen (secondary N) is 1. The van der Waals surface area contributed by atoms with Crippen LogP contribution in [0.4, 0.5) is 5.69 Å². The van der Waals surface area contributed by atoms with E-state index in [4.69, 9.17) is 10.5 Å². The van der Waals surface area contributed by atoms with Crippen LogP contribution in [-0.4, -0.2) is 30.3 Å². The Morgan fingerprint density at radius 3 is 2.84 bits per heavy atom. The zero-order chi connectivity index (χ0) is 13.8. The SMILES string of the molecule is COc1cc(N)ccc1C(=O)N[C@@H]1CCCC[C@H]1O. The third-order valence-corrected chi connectivity index (χ3v) is 3.52. The van der Waals surface area contributed by atoms with Crippen molar-refractivity contribution in [3.63, 3.8) is 0 Å². The van der Waals surface area contributed by atoms with Crippen LogP contribution in [0, 0.1) is 0 Å². The van der Waals surface area contributed by atoms with E-state index in [1.165, 1.54) is 7.11 Å². The summed E-state index contributed by atoms with van der Waals surface area (Å²) in [7, 11) is 1.50. The molecule has 104 valence electrons. The van der Waals surface area contributed by atoms with E-state index in [1.807, 2.05) is 0 Å². The van der Waals surface area contributed by atoms with Crippen molar-refractivity contribution in [3.8, 4) is 5.75 Å². The van der Waals surface area contributed by atoms with Crippen molar-refractivity contribution in [2.75, 3.05) is 12.8 Å². The zero-order valence-electron chi connectivity index (χ0n) is 11.1. The summed E-state index contributed by atoms with van der Waals surface area (Å²) in [5.74, 6) is 0.214. The number of hydrogen-bond donors (Lipinski definition) is 3. The Morgan fingerprint density at radius 2 is 2.16 bits per heavy atom. The lowest BCUT2D eigenvalue weighted by Crippen LogP contribution is -2.45. The number of methoxy groups -OCH3 is 1. The molecule has 0 aromatic heterocycles. The Balaban J connectivity index is 2.11. The molecule has 1 fully saturated rings. The maximum atomic E-state index is 12.2. The Bertz CT molecular complexity index is 462. The van der Waals surface area contributed by atoms with Gasteiger partial charge < -0.3 is 20.9 Å². The number of nitrogen functional groups attached to an aromatic ring is 1. The Kier molecular flexibility index (Phi) is 4.27. The van der Waals surface area contributed by atoms with Gasteiger partial charge in [-0.25, -0.2) is 0 Å². The molecule has 0 heterocycles. The maximum absolute atomic E-state index is 12.2. The molecule has 1 aliphatic carbocycles. The van der Waals surface area contributed by atoms with Gasteiger partial charge in [-0.05, 0) is 25.0 Å². The van der Waals surface area contributed by atoms with Crippen LogP contribution in [0.15, 0.2) is 18.2 Å². The number of aliphatic hydroxyl groups excluding tert-OH is 1. The first-order chi connectivity index (χ1) is 9.11. The minimum absolute atomic E-state index is 0.177. The summed E-state index contributed by atoms with van der Waals surface area (Å²) in [6, 6.07) is 4.74. The lowest BCUT2D eigenvalue weighted by atomic mass is 9.92. The molecule has 0 radical (unpaired) electrons. The topological polar surface area (TPSA) is 84.6 Å². The van der Waals surface area contributed by atoms with Gasteiger partial charge in [0.2, 0.25) is 0 Å². The number of aliphatic hydroxyl groups is 1. The van der Waals surface area contributed by atoms with Crippen molar-refractivity contribution >= 4 is 11.6 Å². The minimum Gasteiger partial charge on any atom is -0.496 e. The molecule has 1 aromatic rings. The third kappa shape index (κ3) is 3.17. The van der Waals surface area contributed by atoms with Gasteiger partial charge in [0.1, 0.15) is 5.75 Å². The quantitative estimate of drug-likeness (QED) is 0.719. The second-order valence-electron chi connectivity index (χ2n) is 4.89. The van der Waals surface area contributed by atoms with Gasteiger partial charge in [-0.3, -0.25) is 4.79 Å². The summed E-state index contributed by atoms with van der Waals surface area (Å²) in [4.78, 5) is 12.2. The first-order valence-electron chi connectivity index (χ1n) is 6.54. The van der Waals surface area contributed by atoms with Crippen LogP contribution in [0.2, 0.25) is 0 Å². The number of rotatable bonds is 3. The zero-order valence-corrected chi connectivity index (χ0v) is 11.1. The maximum Gasteiger partial charge on any atom is 0.255 e. The van der Waals surface area contributed by atoms with Gasteiger partial charge in [0.05, 0.1) is 24.8 Å². The fraction of sp³-hybridized carbons (Fsp3) is 0.500. The summed E-state index contributed by atoms with van der Waals surface area (Å²) in [6.07, 6.45) is 3.13. The van der Waals surface area contributed by atoms with Crippen LogP contribution in [0.3, 0.4) is 0 Å². The molecular weight excluding hydrogens is 244 g/mol. The molecule has 1 aliphatic rings. The van der Waals surface area contributed by atoms with Crippen LogP contribution >= 0.6 is 0 Å². The van der Waals surface area contributed by atoms with Gasteiger partial charge in [-0.1, -0.05) is 12.8 Å². The number of nitrogens with two attached hydrogens (primary N) is 1. The van der Waals surface area contributed by atoms with E-state index in [0.29, 0.717) is 17.0 Å². The number of anilines is 1. The van der Waals surface area contributed by atoms with Crippen molar-refractivity contribution in [1.29, 1.82) is 0 Å². The fourth-order valence-corrected chi connectivity index (χ4v) is 2.42. The predicted octanol–water partition coefficient (Wildman–Crippen LogP) is 1.31. The van der Waals surface area contributed by atoms with E-state index in [0.717, 1.165) is 25.7 Å². The van der Waals surface area contributed by atoms with Crippen molar-refractivity contribution < 1.29 is 14.6 Å². The average Bonchev–Trinajstić information content (AvgIpc) is 2.41. The number of benzene rings is 1. The first kappa shape index (κ1) is 13.7. The van der Waals surface area contributed by atoms with Crippen LogP contribution in [-0.2, 0) is 0 Å². The highest BCUT2D eigenvalue weighted by molar-refractivity contribution is 5.97. The standard InChI is InChI=1S/C14H20N2O3/c1-19-13-8-9(15)6-7-10(13)14(18)16-11-4-2-3-5-12(11)17/h6-8,11-12,17H,2-5,15H2,1H3,(H,16,18)/t11-,12-/m1/s1. The van der Waals surface area contributed by atoms with Gasteiger partial charge in [-0.2, -0.15) is 0 Å². The molecule has 0 bridgehead atoms. The van der Waals surface area contributed by atoms with Gasteiger partial charge in [-0.15, -0.1) is 0 Å². The van der Waals surface area contributed by atoms with Crippen LogP contribution in [0.25, 0.3) is 0 Å². The molecule has 5 heteroatoms. The summed E-state index contributed by atoms with van der Waals surface area (Å²) in [5.41, 5.74) is 6.64. The van der Waals surface area contributed by atoms with Crippen molar-refractivity contribution in [1.82, 2.24) is 5.32 Å². The predicted molar refractivity (Wildman–Crippen MR) is 73.1 cm³/mol. The molecule has 1 aromatic carbocycles. The highest BCUT2D eigenvalue weighted by atomic mass is 16.5. The normalized spacial score (nSPS) is 22.8. The summed E-state index contributed by atoms with van der Waals surface area (Å²) in [6.45, 7) is 0. The van der Waals surface area contributed by atoms with Gasteiger partial charge in [0, 0.05) is 11.8 Å². The number of carbonyl (C=O) groups is 1. The summed E-state index contributed by atoms with van der Waals surface area (Å²) < 4.78 is 5.16. The average molecular weight is 264 g/mol. The number of ether oxygens (including phenoxy) is 1. The highest BCUT2D eigenvalue weighted by Gasteiger charge is 2.25. The van der Waals surface area contributed by atoms with E-state index in [2.05, 4.69) is 5.32 Å². The molecule has 1 saturated carbocycles. The summed E-state index contributed by atoms with van der Waals surface area (Å²) in [5, 5.41) is 12.7. The minimum atomic E-state index is -0.461. The molecule has 1 amide bonds. The van der Waals surface area contributed by atoms with E-state index in [9.17, 15) is 9.90 Å². The number of carbonyl (C=O) groups excluding carboxylic acids is 1. The molecule has 0 aliphatic heterocycles. The largest absolute Gasteiger partial charge is 0.496 e. The van der Waals surface area contributed by atoms with Crippen molar-refractivity contribution in [2.45, 2.75) is 37.8 Å². The monoisotopic (exact) mass is 264 g/mol. The van der Waals surface area contributed by atoms with E-state index in [1.54, 1.807) is 18.2 Å². The lowest BCUT2D eigenvalue weighted by molar-refractivity contribution is 0.0715. The molecule has 2 atom stereocenters.